The molecule has 1 saturated carbocycles. The molecule has 1 aliphatic heterocycles. The lowest BCUT2D eigenvalue weighted by Crippen LogP contribution is -2.57. The summed E-state index contributed by atoms with van der Waals surface area (Å²) < 4.78 is 29.7. The van der Waals surface area contributed by atoms with Gasteiger partial charge in [0.2, 0.25) is 5.91 Å². The first-order valence-corrected chi connectivity index (χ1v) is 11.9. The van der Waals surface area contributed by atoms with Crippen molar-refractivity contribution in [1.29, 1.82) is 0 Å². The van der Waals surface area contributed by atoms with E-state index in [1.165, 1.54) is 0 Å². The molecule has 150 valence electrons. The van der Waals surface area contributed by atoms with Crippen molar-refractivity contribution in [2.24, 2.45) is 11.8 Å². The van der Waals surface area contributed by atoms with Crippen molar-refractivity contribution in [2.75, 3.05) is 17.8 Å². The van der Waals surface area contributed by atoms with Gasteiger partial charge in [0.05, 0.1) is 16.5 Å². The van der Waals surface area contributed by atoms with Crippen molar-refractivity contribution in [3.05, 3.63) is 0 Å². The van der Waals surface area contributed by atoms with E-state index in [4.69, 9.17) is 4.74 Å². The molecule has 0 bridgehead atoms. The molecule has 2 fully saturated rings. The van der Waals surface area contributed by atoms with Gasteiger partial charge >= 0.3 is 6.09 Å². The summed E-state index contributed by atoms with van der Waals surface area (Å²) in [6.07, 6.45) is 1.71. The average Bonchev–Trinajstić information content (AvgIpc) is 3.08. The molecule has 0 aromatic heterocycles. The van der Waals surface area contributed by atoms with E-state index in [1.54, 1.807) is 39.5 Å². The topological polar surface area (TPSA) is 102 Å². The van der Waals surface area contributed by atoms with Crippen LogP contribution in [0, 0.1) is 11.8 Å². The molecule has 0 aromatic rings. The van der Waals surface area contributed by atoms with Crippen LogP contribution >= 0.6 is 11.8 Å². The molecule has 0 aromatic carbocycles. The Hall–Kier alpha value is -0.960. The normalized spacial score (nSPS) is 33.1. The third-order valence-electron chi connectivity index (χ3n) is 4.98. The van der Waals surface area contributed by atoms with E-state index in [2.05, 4.69) is 10.6 Å². The van der Waals surface area contributed by atoms with Gasteiger partial charge in [-0.2, -0.15) is 11.8 Å². The van der Waals surface area contributed by atoms with Crippen molar-refractivity contribution >= 4 is 33.6 Å². The number of sulfone groups is 1. The molecule has 2 rings (SSSR count). The lowest BCUT2D eigenvalue weighted by atomic mass is 9.96. The maximum Gasteiger partial charge on any atom is 0.408 e. The van der Waals surface area contributed by atoms with Crippen LogP contribution in [0.5, 0.6) is 0 Å². The molecule has 1 saturated heterocycles. The summed E-state index contributed by atoms with van der Waals surface area (Å²) in [4.78, 5) is 24.9. The minimum Gasteiger partial charge on any atom is -0.444 e. The van der Waals surface area contributed by atoms with Gasteiger partial charge in [-0.25, -0.2) is 13.2 Å². The Morgan fingerprint density at radius 2 is 1.96 bits per heavy atom. The highest BCUT2D eigenvalue weighted by Gasteiger charge is 2.70. The standard InChI is InChI=1S/C17H30N2O5S2/c1-10-12-13(10)26(22,23)9-17(12,5)19-14(20)11(7-8-25-6)18-15(21)24-16(2,3)4/h10-13H,7-9H2,1-6H3,(H,18,21)(H,19,20)/t10-,11+,12-,13+,17+/m1/s1. The van der Waals surface area contributed by atoms with Crippen LogP contribution in [-0.4, -0.2) is 60.6 Å². The Labute approximate surface area is 160 Å². The van der Waals surface area contributed by atoms with E-state index in [0.717, 1.165) is 0 Å². The zero-order valence-electron chi connectivity index (χ0n) is 16.3. The molecule has 5 atom stereocenters. The quantitative estimate of drug-likeness (QED) is 0.694. The molecule has 0 unspecified atom stereocenters. The van der Waals surface area contributed by atoms with Crippen LogP contribution in [0.3, 0.4) is 0 Å². The molecule has 2 amide bonds. The Balaban J connectivity index is 2.06. The molecule has 0 radical (unpaired) electrons. The molecular weight excluding hydrogens is 376 g/mol. The minimum atomic E-state index is -3.17. The number of fused-ring (bicyclic) bond motifs is 1. The van der Waals surface area contributed by atoms with Crippen molar-refractivity contribution in [2.45, 2.75) is 63.5 Å². The summed E-state index contributed by atoms with van der Waals surface area (Å²) in [5, 5.41) is 5.19. The van der Waals surface area contributed by atoms with Crippen molar-refractivity contribution < 1.29 is 22.7 Å². The van der Waals surface area contributed by atoms with Crippen molar-refractivity contribution in [3.63, 3.8) is 0 Å². The van der Waals surface area contributed by atoms with Gasteiger partial charge in [0.15, 0.2) is 9.84 Å². The van der Waals surface area contributed by atoms with E-state index < -0.39 is 33.1 Å². The summed E-state index contributed by atoms with van der Waals surface area (Å²) in [6, 6.07) is -0.759. The number of hydrogen-bond acceptors (Lipinski definition) is 6. The van der Waals surface area contributed by atoms with Gasteiger partial charge in [-0.3, -0.25) is 4.79 Å². The van der Waals surface area contributed by atoms with E-state index >= 15 is 0 Å². The van der Waals surface area contributed by atoms with Crippen molar-refractivity contribution in [3.8, 4) is 0 Å². The van der Waals surface area contributed by atoms with Crippen LogP contribution in [0.25, 0.3) is 0 Å². The third-order valence-corrected chi connectivity index (χ3v) is 8.17. The molecule has 2 aliphatic rings. The van der Waals surface area contributed by atoms with E-state index in [-0.39, 0.29) is 28.7 Å². The second kappa shape index (κ2) is 7.22. The Bertz CT molecular complexity index is 673. The lowest BCUT2D eigenvalue weighted by molar-refractivity contribution is -0.125. The highest BCUT2D eigenvalue weighted by Crippen LogP contribution is 2.57. The summed E-state index contributed by atoms with van der Waals surface area (Å²) in [5.41, 5.74) is -1.44. The molecule has 2 N–H and O–H groups in total. The van der Waals surface area contributed by atoms with Crippen LogP contribution in [0.2, 0.25) is 0 Å². The SMILES string of the molecule is CSCC[C@H](NC(=O)OC(C)(C)C)C(=O)N[C@@]1(C)CS(=O)(=O)[C@H]2[C@H](C)[C@H]21. The second-order valence-corrected chi connectivity index (χ2v) is 11.7. The largest absolute Gasteiger partial charge is 0.444 e. The molecule has 9 heteroatoms. The Morgan fingerprint density at radius 3 is 2.42 bits per heavy atom. The number of ether oxygens (including phenoxy) is 1. The Morgan fingerprint density at radius 1 is 1.35 bits per heavy atom. The fourth-order valence-corrected chi connectivity index (χ4v) is 7.46. The second-order valence-electron chi connectivity index (χ2n) is 8.54. The fraction of sp³-hybridized carbons (Fsp3) is 0.882. The number of carbonyl (C=O) groups is 2. The van der Waals surface area contributed by atoms with Crippen LogP contribution < -0.4 is 10.6 Å². The number of alkyl carbamates (subject to hydrolysis) is 1. The summed E-state index contributed by atoms with van der Waals surface area (Å²) in [5.74, 6) is 0.280. The number of hydrogen-bond donors (Lipinski definition) is 2. The summed E-state index contributed by atoms with van der Waals surface area (Å²) >= 11 is 1.57. The first-order chi connectivity index (χ1) is 11.8. The predicted molar refractivity (Wildman–Crippen MR) is 103 cm³/mol. The molecule has 26 heavy (non-hydrogen) atoms. The van der Waals surface area contributed by atoms with Crippen LogP contribution in [0.1, 0.15) is 41.0 Å². The smallest absolute Gasteiger partial charge is 0.408 e. The third kappa shape index (κ3) is 4.65. The fourth-order valence-electron chi connectivity index (χ4n) is 3.97. The molecular formula is C17H30N2O5S2. The summed E-state index contributed by atoms with van der Waals surface area (Å²) in [6.45, 7) is 8.95. The van der Waals surface area contributed by atoms with Gasteiger partial charge in [-0.15, -0.1) is 0 Å². The minimum absolute atomic E-state index is 0.0485. The summed E-state index contributed by atoms with van der Waals surface area (Å²) in [7, 11) is -3.17. The number of rotatable bonds is 6. The average molecular weight is 407 g/mol. The van der Waals surface area contributed by atoms with E-state index in [9.17, 15) is 18.0 Å². The van der Waals surface area contributed by atoms with Crippen LogP contribution in [0.4, 0.5) is 4.79 Å². The highest BCUT2D eigenvalue weighted by molar-refractivity contribution is 7.98. The zero-order chi connectivity index (χ0) is 19.9. The van der Waals surface area contributed by atoms with Gasteiger partial charge in [0.1, 0.15) is 11.6 Å². The van der Waals surface area contributed by atoms with Gasteiger partial charge < -0.3 is 15.4 Å². The van der Waals surface area contributed by atoms with Gasteiger partial charge in [-0.1, -0.05) is 6.92 Å². The number of amides is 2. The molecule has 0 spiro atoms. The van der Waals surface area contributed by atoms with Gasteiger partial charge in [0.25, 0.3) is 0 Å². The maximum atomic E-state index is 12.8. The van der Waals surface area contributed by atoms with Gasteiger partial charge in [-0.05, 0) is 52.0 Å². The Kier molecular flexibility index (Phi) is 5.93. The lowest BCUT2D eigenvalue weighted by Gasteiger charge is -2.30. The monoisotopic (exact) mass is 406 g/mol. The maximum absolute atomic E-state index is 12.8. The van der Waals surface area contributed by atoms with E-state index in [1.807, 2.05) is 13.2 Å². The number of thioether (sulfide) groups is 1. The first kappa shape index (κ1) is 21.3. The van der Waals surface area contributed by atoms with E-state index in [0.29, 0.717) is 12.2 Å². The zero-order valence-corrected chi connectivity index (χ0v) is 17.9. The number of carbonyl (C=O) groups excluding carboxylic acids is 2. The molecule has 7 nitrogen and oxygen atoms in total. The molecule has 1 heterocycles. The van der Waals surface area contributed by atoms with Crippen LogP contribution in [-0.2, 0) is 19.4 Å². The predicted octanol–water partition coefficient (Wildman–Crippen LogP) is 1.57. The first-order valence-electron chi connectivity index (χ1n) is 8.83. The van der Waals surface area contributed by atoms with Gasteiger partial charge in [0, 0.05) is 5.92 Å². The highest BCUT2D eigenvalue weighted by atomic mass is 32.2. The molecule has 1 aliphatic carbocycles. The van der Waals surface area contributed by atoms with Crippen LogP contribution in [0.15, 0.2) is 0 Å². The number of nitrogens with one attached hydrogen (secondary N) is 2. The van der Waals surface area contributed by atoms with Crippen molar-refractivity contribution in [1.82, 2.24) is 10.6 Å².